The van der Waals surface area contributed by atoms with E-state index in [0.29, 0.717) is 24.2 Å². The van der Waals surface area contributed by atoms with Crippen LogP contribution >= 0.6 is 0 Å². The summed E-state index contributed by atoms with van der Waals surface area (Å²) in [6, 6.07) is 7.30. The van der Waals surface area contributed by atoms with E-state index in [1.165, 1.54) is 231 Å². The van der Waals surface area contributed by atoms with Gasteiger partial charge in [0.2, 0.25) is 0 Å². The zero-order valence-electron chi connectivity index (χ0n) is 42.1. The first kappa shape index (κ1) is 58.1. The monoisotopic (exact) mass is 867 g/mol. The topological polar surface area (TPSA) is 64.7 Å². The van der Waals surface area contributed by atoms with Crippen LogP contribution in [0.15, 0.2) is 24.3 Å². The summed E-state index contributed by atoms with van der Waals surface area (Å²) in [5.74, 6) is -0.169. The molecule has 0 aliphatic carbocycles. The molecule has 0 radical (unpaired) electrons. The second kappa shape index (κ2) is 45.6. The van der Waals surface area contributed by atoms with Crippen molar-refractivity contribution in [2.75, 3.05) is 52.4 Å². The van der Waals surface area contributed by atoms with Gasteiger partial charge in [0, 0.05) is 37.3 Å². The highest BCUT2D eigenvalue weighted by molar-refractivity contribution is 5.99. The second-order valence-corrected chi connectivity index (χ2v) is 19.1. The maximum absolute atomic E-state index is 13.3. The number of hydrogen-bond acceptors (Lipinski definition) is 4. The minimum absolute atomic E-state index is 0.0844. The zero-order chi connectivity index (χ0) is 44.8. The molecule has 0 aliphatic rings. The van der Waals surface area contributed by atoms with Crippen molar-refractivity contribution in [2.24, 2.45) is 0 Å². The number of nitrogens with one attached hydrogen (secondary N) is 2. The first-order valence-electron chi connectivity index (χ1n) is 27.7. The Labute approximate surface area is 387 Å². The van der Waals surface area contributed by atoms with Gasteiger partial charge in [0.1, 0.15) is 0 Å². The lowest BCUT2D eigenvalue weighted by Gasteiger charge is -2.23. The number of benzene rings is 1. The Kier molecular flexibility index (Phi) is 42.8. The Morgan fingerprint density at radius 1 is 0.339 bits per heavy atom. The smallest absolute Gasteiger partial charge is 0.251 e. The average Bonchev–Trinajstić information content (AvgIpc) is 3.28. The summed E-state index contributed by atoms with van der Waals surface area (Å²) >= 11 is 0. The SMILES string of the molecule is CCCCCCCCCCCN(CCCCCCCCCCC)CCNC(=O)c1cccc(C(=O)NCCN(CCCCCCCCCCC)CCCCCCCCCCC)c1. The van der Waals surface area contributed by atoms with Gasteiger partial charge in [-0.25, -0.2) is 0 Å². The molecule has 0 heterocycles. The van der Waals surface area contributed by atoms with Crippen LogP contribution in [0.4, 0.5) is 0 Å². The molecule has 6 heteroatoms. The molecule has 1 rings (SSSR count). The third kappa shape index (κ3) is 36.4. The number of nitrogens with zero attached hydrogens (tertiary/aromatic N) is 2. The predicted octanol–water partition coefficient (Wildman–Crippen LogP) is 15.9. The molecule has 1 aromatic carbocycles. The number of carbonyl (C=O) groups excluding carboxylic acids is 2. The Balaban J connectivity index is 2.57. The van der Waals surface area contributed by atoms with Crippen LogP contribution in [0.5, 0.6) is 0 Å². The molecule has 362 valence electrons. The van der Waals surface area contributed by atoms with E-state index < -0.39 is 0 Å². The van der Waals surface area contributed by atoms with Crippen LogP contribution < -0.4 is 10.6 Å². The highest BCUT2D eigenvalue weighted by atomic mass is 16.2. The molecule has 0 fully saturated rings. The number of rotatable bonds is 48. The fourth-order valence-electron chi connectivity index (χ4n) is 8.92. The minimum atomic E-state index is -0.0844. The summed E-state index contributed by atoms with van der Waals surface area (Å²) in [5.41, 5.74) is 1.14. The summed E-state index contributed by atoms with van der Waals surface area (Å²) in [7, 11) is 0. The third-order valence-corrected chi connectivity index (χ3v) is 13.1. The summed E-state index contributed by atoms with van der Waals surface area (Å²) in [5, 5.41) is 6.38. The van der Waals surface area contributed by atoms with Crippen molar-refractivity contribution in [3.8, 4) is 0 Å². The largest absolute Gasteiger partial charge is 0.351 e. The van der Waals surface area contributed by atoms with E-state index in [2.05, 4.69) is 48.1 Å². The van der Waals surface area contributed by atoms with Crippen LogP contribution in [0.3, 0.4) is 0 Å². The Bertz CT molecular complexity index is 986. The first-order chi connectivity index (χ1) is 30.5. The van der Waals surface area contributed by atoms with E-state index in [-0.39, 0.29) is 11.8 Å². The number of amides is 2. The van der Waals surface area contributed by atoms with Crippen molar-refractivity contribution >= 4 is 11.8 Å². The number of carbonyl (C=O) groups is 2. The second-order valence-electron chi connectivity index (χ2n) is 19.1. The Hall–Kier alpha value is -1.92. The van der Waals surface area contributed by atoms with Gasteiger partial charge in [-0.3, -0.25) is 9.59 Å². The number of unbranched alkanes of at least 4 members (excludes halogenated alkanes) is 32. The van der Waals surface area contributed by atoms with Crippen LogP contribution in [0, 0.1) is 0 Å². The van der Waals surface area contributed by atoms with Crippen LogP contribution in [0.2, 0.25) is 0 Å². The average molecular weight is 867 g/mol. The van der Waals surface area contributed by atoms with E-state index in [1.807, 2.05) is 18.2 Å². The molecular weight excluding hydrogens is 761 g/mol. The quantitative estimate of drug-likeness (QED) is 0.0641. The fraction of sp³-hybridized carbons (Fsp3) is 0.857. The van der Waals surface area contributed by atoms with E-state index >= 15 is 0 Å². The summed E-state index contributed by atoms with van der Waals surface area (Å²) in [4.78, 5) is 31.8. The number of hydrogen-bond donors (Lipinski definition) is 2. The van der Waals surface area contributed by atoms with Crippen LogP contribution in [0.25, 0.3) is 0 Å². The van der Waals surface area contributed by atoms with Gasteiger partial charge in [-0.2, -0.15) is 0 Å². The molecule has 62 heavy (non-hydrogen) atoms. The van der Waals surface area contributed by atoms with Gasteiger partial charge in [0.05, 0.1) is 0 Å². The van der Waals surface area contributed by atoms with E-state index in [1.54, 1.807) is 6.07 Å². The molecule has 2 amide bonds. The molecule has 0 saturated heterocycles. The molecule has 0 saturated carbocycles. The van der Waals surface area contributed by atoms with Gasteiger partial charge in [0.15, 0.2) is 0 Å². The Morgan fingerprint density at radius 2 is 0.565 bits per heavy atom. The van der Waals surface area contributed by atoms with Gasteiger partial charge in [0.25, 0.3) is 11.8 Å². The molecule has 0 spiro atoms. The third-order valence-electron chi connectivity index (χ3n) is 13.1. The molecule has 1 aromatic rings. The molecule has 0 bridgehead atoms. The maximum Gasteiger partial charge on any atom is 0.251 e. The van der Waals surface area contributed by atoms with Crippen molar-refractivity contribution in [3.05, 3.63) is 35.4 Å². The van der Waals surface area contributed by atoms with Crippen molar-refractivity contribution in [1.82, 2.24) is 20.4 Å². The van der Waals surface area contributed by atoms with Gasteiger partial charge in [-0.15, -0.1) is 0 Å². The van der Waals surface area contributed by atoms with Crippen molar-refractivity contribution in [3.63, 3.8) is 0 Å². The predicted molar refractivity (Wildman–Crippen MR) is 273 cm³/mol. The van der Waals surface area contributed by atoms with E-state index in [9.17, 15) is 9.59 Å². The van der Waals surface area contributed by atoms with E-state index in [4.69, 9.17) is 0 Å². The molecule has 0 aliphatic heterocycles. The summed E-state index contributed by atoms with van der Waals surface area (Å²) < 4.78 is 0. The lowest BCUT2D eigenvalue weighted by atomic mass is 10.1. The standard InChI is InChI=1S/C56H106N4O2/c1-5-9-13-17-21-25-29-33-37-46-59(47-38-34-30-26-22-18-14-10-6-2)50-44-57-55(61)53-42-41-43-54(52-53)56(62)58-45-51-60(48-39-35-31-27-23-19-15-11-7-3)49-40-36-32-28-24-20-16-12-8-4/h41-43,52H,5-40,44-51H2,1-4H3,(H,57,61)(H,58,62). The molecule has 2 N–H and O–H groups in total. The highest BCUT2D eigenvalue weighted by Crippen LogP contribution is 2.15. The van der Waals surface area contributed by atoms with Gasteiger partial charge >= 0.3 is 0 Å². The fourth-order valence-corrected chi connectivity index (χ4v) is 8.92. The van der Waals surface area contributed by atoms with Crippen LogP contribution in [-0.4, -0.2) is 74.0 Å². The summed E-state index contributed by atoms with van der Waals surface area (Å²) in [6.07, 6.45) is 48.5. The highest BCUT2D eigenvalue weighted by Gasteiger charge is 2.13. The van der Waals surface area contributed by atoms with E-state index in [0.717, 1.165) is 39.3 Å². The van der Waals surface area contributed by atoms with Gasteiger partial charge < -0.3 is 20.4 Å². The maximum atomic E-state index is 13.3. The van der Waals surface area contributed by atoms with Crippen LogP contribution in [0.1, 0.15) is 280 Å². The molecular formula is C56H106N4O2. The lowest BCUT2D eigenvalue weighted by molar-refractivity contribution is 0.0947. The Morgan fingerprint density at radius 3 is 0.806 bits per heavy atom. The van der Waals surface area contributed by atoms with Gasteiger partial charge in [-0.05, 0) is 70.1 Å². The van der Waals surface area contributed by atoms with Gasteiger partial charge in [-0.1, -0.05) is 239 Å². The molecule has 6 nitrogen and oxygen atoms in total. The zero-order valence-corrected chi connectivity index (χ0v) is 42.1. The summed E-state index contributed by atoms with van der Waals surface area (Å²) in [6.45, 7) is 16.7. The molecule has 0 unspecified atom stereocenters. The minimum Gasteiger partial charge on any atom is -0.351 e. The van der Waals surface area contributed by atoms with Crippen molar-refractivity contribution in [2.45, 2.75) is 259 Å². The first-order valence-corrected chi connectivity index (χ1v) is 27.7. The lowest BCUT2D eigenvalue weighted by Crippen LogP contribution is -2.37. The normalized spacial score (nSPS) is 11.6. The molecule has 0 atom stereocenters. The van der Waals surface area contributed by atoms with Crippen molar-refractivity contribution in [1.29, 1.82) is 0 Å². The van der Waals surface area contributed by atoms with Crippen molar-refractivity contribution < 1.29 is 9.59 Å². The molecule has 0 aromatic heterocycles. The van der Waals surface area contributed by atoms with Crippen LogP contribution in [-0.2, 0) is 0 Å².